The van der Waals surface area contributed by atoms with Crippen molar-refractivity contribution >= 4 is 5.71 Å². The monoisotopic (exact) mass is 168 g/mol. The van der Waals surface area contributed by atoms with Gasteiger partial charge >= 0.3 is 0 Å². The number of hydrogen-bond acceptors (Lipinski definition) is 2. The van der Waals surface area contributed by atoms with E-state index in [-0.39, 0.29) is 0 Å². The first-order valence-corrected chi connectivity index (χ1v) is 4.63. The molecule has 1 N–H and O–H groups in total. The van der Waals surface area contributed by atoms with Crippen molar-refractivity contribution in [2.45, 2.75) is 34.1 Å². The fraction of sp³-hybridized carbons (Fsp3) is 0.700. The number of aliphatic imine (C=N–C) groups is 1. The molecule has 0 amide bonds. The Bertz CT molecular complexity index is 169. The van der Waals surface area contributed by atoms with Gasteiger partial charge in [-0.2, -0.15) is 0 Å². The van der Waals surface area contributed by atoms with Crippen LogP contribution in [0.2, 0.25) is 0 Å². The molecule has 0 saturated carbocycles. The topological polar surface area (TPSA) is 24.4 Å². The van der Waals surface area contributed by atoms with Crippen molar-refractivity contribution in [3.63, 3.8) is 0 Å². The molecule has 0 radical (unpaired) electrons. The number of rotatable bonds is 5. The van der Waals surface area contributed by atoms with Crippen LogP contribution < -0.4 is 5.32 Å². The van der Waals surface area contributed by atoms with E-state index in [4.69, 9.17) is 0 Å². The van der Waals surface area contributed by atoms with Crippen molar-refractivity contribution < 1.29 is 0 Å². The van der Waals surface area contributed by atoms with Gasteiger partial charge in [-0.05, 0) is 33.3 Å². The molecule has 0 aromatic rings. The van der Waals surface area contributed by atoms with Gasteiger partial charge in [0.05, 0.1) is 0 Å². The number of nitrogens with one attached hydrogen (secondary N) is 1. The first-order valence-electron chi connectivity index (χ1n) is 4.63. The van der Waals surface area contributed by atoms with E-state index in [9.17, 15) is 0 Å². The highest BCUT2D eigenvalue weighted by molar-refractivity contribution is 5.93. The summed E-state index contributed by atoms with van der Waals surface area (Å²) in [5.74, 6) is 0. The van der Waals surface area contributed by atoms with E-state index >= 15 is 0 Å². The van der Waals surface area contributed by atoms with Crippen LogP contribution in [0.1, 0.15) is 34.1 Å². The van der Waals surface area contributed by atoms with Crippen LogP contribution in [0.15, 0.2) is 16.8 Å². The lowest BCUT2D eigenvalue weighted by atomic mass is 10.3. The Kier molecular flexibility index (Phi) is 6.44. The Labute approximate surface area is 75.8 Å². The fourth-order valence-electron chi connectivity index (χ4n) is 0.977. The molecule has 0 spiro atoms. The van der Waals surface area contributed by atoms with Gasteiger partial charge in [0, 0.05) is 24.5 Å². The molecular weight excluding hydrogens is 148 g/mol. The molecule has 2 nitrogen and oxygen atoms in total. The summed E-state index contributed by atoms with van der Waals surface area (Å²) in [4.78, 5) is 4.37. The molecule has 0 aliphatic heterocycles. The second-order valence-corrected chi connectivity index (χ2v) is 2.88. The van der Waals surface area contributed by atoms with Crippen LogP contribution in [-0.4, -0.2) is 18.8 Å². The number of allylic oxidation sites excluding steroid dienone is 2. The minimum Gasteiger partial charge on any atom is -0.389 e. The van der Waals surface area contributed by atoms with Crippen LogP contribution in [0.5, 0.6) is 0 Å². The molecule has 0 fully saturated rings. The van der Waals surface area contributed by atoms with E-state index in [1.54, 1.807) is 0 Å². The van der Waals surface area contributed by atoms with Gasteiger partial charge in [-0.25, -0.2) is 0 Å². The Morgan fingerprint density at radius 2 is 2.00 bits per heavy atom. The molecule has 0 aliphatic carbocycles. The fourth-order valence-corrected chi connectivity index (χ4v) is 0.977. The summed E-state index contributed by atoms with van der Waals surface area (Å²) in [5.41, 5.74) is 2.30. The standard InChI is InChI=1S/C10H20N2/c1-5-7-12-10(4)8-9(3)11-6-2/h8,11H,5-7H2,1-4H3/b9-8-,12-10-. The van der Waals surface area contributed by atoms with Gasteiger partial charge in [-0.15, -0.1) is 0 Å². The molecule has 0 atom stereocenters. The Hall–Kier alpha value is -0.790. The minimum absolute atomic E-state index is 0.932. The maximum atomic E-state index is 4.37. The van der Waals surface area contributed by atoms with Crippen molar-refractivity contribution in [1.29, 1.82) is 0 Å². The second kappa shape index (κ2) is 6.89. The molecular formula is C10H20N2. The van der Waals surface area contributed by atoms with Crippen LogP contribution in [0.4, 0.5) is 0 Å². The van der Waals surface area contributed by atoms with E-state index in [2.05, 4.69) is 37.2 Å². The summed E-state index contributed by atoms with van der Waals surface area (Å²) >= 11 is 0. The molecule has 0 aromatic heterocycles. The smallest absolute Gasteiger partial charge is 0.0389 e. The summed E-state index contributed by atoms with van der Waals surface area (Å²) in [7, 11) is 0. The zero-order chi connectivity index (χ0) is 9.40. The van der Waals surface area contributed by atoms with E-state index in [1.165, 1.54) is 5.70 Å². The third-order valence-corrected chi connectivity index (χ3v) is 1.47. The maximum absolute atomic E-state index is 4.37. The van der Waals surface area contributed by atoms with Crippen molar-refractivity contribution in [2.24, 2.45) is 4.99 Å². The van der Waals surface area contributed by atoms with Crippen molar-refractivity contribution in [3.05, 3.63) is 11.8 Å². The molecule has 2 heteroatoms. The SMILES string of the molecule is CCC/N=C(C)\C=C(\C)NCC. The quantitative estimate of drug-likeness (QED) is 0.626. The van der Waals surface area contributed by atoms with Crippen molar-refractivity contribution in [1.82, 2.24) is 5.32 Å². The van der Waals surface area contributed by atoms with Gasteiger partial charge in [-0.1, -0.05) is 6.92 Å². The predicted molar refractivity (Wildman–Crippen MR) is 55.7 cm³/mol. The summed E-state index contributed by atoms with van der Waals surface area (Å²) in [6.07, 6.45) is 3.20. The lowest BCUT2D eigenvalue weighted by Gasteiger charge is -2.01. The average molecular weight is 168 g/mol. The summed E-state index contributed by atoms with van der Waals surface area (Å²) in [6, 6.07) is 0. The molecule has 0 aromatic carbocycles. The first-order chi connectivity index (χ1) is 5.70. The van der Waals surface area contributed by atoms with E-state index in [0.29, 0.717) is 0 Å². The van der Waals surface area contributed by atoms with E-state index in [1.807, 2.05) is 6.92 Å². The Balaban J connectivity index is 3.93. The van der Waals surface area contributed by atoms with Crippen molar-refractivity contribution in [3.8, 4) is 0 Å². The highest BCUT2D eigenvalue weighted by atomic mass is 14.9. The average Bonchev–Trinajstić information content (AvgIpc) is 2.01. The van der Waals surface area contributed by atoms with Crippen LogP contribution in [0, 0.1) is 0 Å². The summed E-state index contributed by atoms with van der Waals surface area (Å²) < 4.78 is 0. The Morgan fingerprint density at radius 1 is 1.33 bits per heavy atom. The van der Waals surface area contributed by atoms with Gasteiger partial charge in [0.25, 0.3) is 0 Å². The third-order valence-electron chi connectivity index (χ3n) is 1.47. The third kappa shape index (κ3) is 5.96. The normalized spacial score (nSPS) is 13.3. The molecule has 0 aliphatic rings. The van der Waals surface area contributed by atoms with Crippen LogP contribution in [0.25, 0.3) is 0 Å². The highest BCUT2D eigenvalue weighted by Gasteiger charge is 1.87. The van der Waals surface area contributed by atoms with E-state index in [0.717, 1.165) is 25.2 Å². The molecule has 0 rings (SSSR count). The van der Waals surface area contributed by atoms with Gasteiger partial charge in [-0.3, -0.25) is 4.99 Å². The van der Waals surface area contributed by atoms with Crippen LogP contribution in [-0.2, 0) is 0 Å². The lowest BCUT2D eigenvalue weighted by molar-refractivity contribution is 0.855. The largest absolute Gasteiger partial charge is 0.389 e. The zero-order valence-corrected chi connectivity index (χ0v) is 8.65. The van der Waals surface area contributed by atoms with Gasteiger partial charge in [0.2, 0.25) is 0 Å². The van der Waals surface area contributed by atoms with Crippen molar-refractivity contribution in [2.75, 3.05) is 13.1 Å². The van der Waals surface area contributed by atoms with Crippen LogP contribution in [0.3, 0.4) is 0 Å². The molecule has 0 bridgehead atoms. The number of hydrogen-bond donors (Lipinski definition) is 1. The second-order valence-electron chi connectivity index (χ2n) is 2.88. The predicted octanol–water partition coefficient (Wildman–Crippen LogP) is 2.37. The van der Waals surface area contributed by atoms with Gasteiger partial charge < -0.3 is 5.32 Å². The zero-order valence-electron chi connectivity index (χ0n) is 8.65. The molecule has 12 heavy (non-hydrogen) atoms. The maximum Gasteiger partial charge on any atom is 0.0389 e. The minimum atomic E-state index is 0.932. The highest BCUT2D eigenvalue weighted by Crippen LogP contribution is 1.90. The van der Waals surface area contributed by atoms with Gasteiger partial charge in [0.15, 0.2) is 0 Å². The summed E-state index contributed by atoms with van der Waals surface area (Å²) in [5, 5.41) is 3.23. The van der Waals surface area contributed by atoms with E-state index < -0.39 is 0 Å². The Morgan fingerprint density at radius 3 is 2.50 bits per heavy atom. The molecule has 0 heterocycles. The van der Waals surface area contributed by atoms with Crippen LogP contribution >= 0.6 is 0 Å². The number of nitrogens with zero attached hydrogens (tertiary/aromatic N) is 1. The van der Waals surface area contributed by atoms with Gasteiger partial charge in [0.1, 0.15) is 0 Å². The molecule has 0 saturated heterocycles. The molecule has 0 unspecified atom stereocenters. The lowest BCUT2D eigenvalue weighted by Crippen LogP contribution is -2.10. The first kappa shape index (κ1) is 11.2. The summed E-state index contributed by atoms with van der Waals surface area (Å²) in [6.45, 7) is 10.2. The molecule has 70 valence electrons.